The van der Waals surface area contributed by atoms with Crippen LogP contribution in [-0.2, 0) is 9.53 Å². The number of amides is 1. The lowest BCUT2D eigenvalue weighted by Crippen LogP contribution is -2.53. The van der Waals surface area contributed by atoms with Gasteiger partial charge >= 0.3 is 0 Å². The molecule has 1 atom stereocenters. The Morgan fingerprint density at radius 1 is 1.40 bits per heavy atom. The highest BCUT2D eigenvalue weighted by Crippen LogP contribution is 2.23. The van der Waals surface area contributed by atoms with Gasteiger partial charge in [-0.3, -0.25) is 4.79 Å². The summed E-state index contributed by atoms with van der Waals surface area (Å²) in [5, 5.41) is 6.36. The highest BCUT2D eigenvalue weighted by Gasteiger charge is 2.32. The minimum absolute atomic E-state index is 0.0234. The summed E-state index contributed by atoms with van der Waals surface area (Å²) in [4.78, 5) is 11.6. The molecule has 2 N–H and O–H groups in total. The summed E-state index contributed by atoms with van der Waals surface area (Å²) in [6.07, 6.45) is 5.70. The van der Waals surface area contributed by atoms with Crippen molar-refractivity contribution in [3.63, 3.8) is 0 Å². The Kier molecular flexibility index (Phi) is 3.59. The Balaban J connectivity index is 1.75. The van der Waals surface area contributed by atoms with Crippen LogP contribution in [-0.4, -0.2) is 37.7 Å². The summed E-state index contributed by atoms with van der Waals surface area (Å²) in [5.74, 6) is 0.174. The van der Waals surface area contributed by atoms with Crippen LogP contribution in [0.3, 0.4) is 0 Å². The summed E-state index contributed by atoms with van der Waals surface area (Å²) < 4.78 is 5.22. The molecule has 2 fully saturated rings. The smallest absolute Gasteiger partial charge is 0.237 e. The molecular weight excluding hydrogens is 192 g/mol. The van der Waals surface area contributed by atoms with E-state index in [1.165, 1.54) is 0 Å². The van der Waals surface area contributed by atoms with E-state index in [4.69, 9.17) is 4.74 Å². The van der Waals surface area contributed by atoms with E-state index in [2.05, 4.69) is 10.6 Å². The molecule has 1 aliphatic heterocycles. The third-order valence-corrected chi connectivity index (χ3v) is 3.40. The van der Waals surface area contributed by atoms with Crippen molar-refractivity contribution >= 4 is 5.91 Å². The average Bonchev–Trinajstić information content (AvgIpc) is 2.37. The SMILES string of the molecule is COC1CC(NC2CCCCNC2=O)C1. The minimum atomic E-state index is 0.0234. The van der Waals surface area contributed by atoms with Crippen molar-refractivity contribution in [3.8, 4) is 0 Å². The molecule has 1 unspecified atom stereocenters. The van der Waals surface area contributed by atoms with Crippen molar-refractivity contribution in [3.05, 3.63) is 0 Å². The standard InChI is InChI=1S/C11H20N2O2/c1-15-9-6-8(7-9)13-10-4-2-3-5-12-11(10)14/h8-10,13H,2-7H2,1H3,(H,12,14). The Hall–Kier alpha value is -0.610. The average molecular weight is 212 g/mol. The van der Waals surface area contributed by atoms with Gasteiger partial charge in [-0.05, 0) is 32.1 Å². The summed E-state index contributed by atoms with van der Waals surface area (Å²) in [7, 11) is 1.75. The minimum Gasteiger partial charge on any atom is -0.381 e. The van der Waals surface area contributed by atoms with Crippen molar-refractivity contribution in [1.82, 2.24) is 10.6 Å². The predicted molar refractivity (Wildman–Crippen MR) is 57.6 cm³/mol. The molecule has 4 nitrogen and oxygen atoms in total. The Labute approximate surface area is 90.8 Å². The molecule has 2 rings (SSSR count). The van der Waals surface area contributed by atoms with Gasteiger partial charge in [-0.25, -0.2) is 0 Å². The van der Waals surface area contributed by atoms with E-state index in [9.17, 15) is 4.79 Å². The van der Waals surface area contributed by atoms with Crippen molar-refractivity contribution < 1.29 is 9.53 Å². The number of ether oxygens (including phenoxy) is 1. The summed E-state index contributed by atoms with van der Waals surface area (Å²) >= 11 is 0. The number of carbonyl (C=O) groups excluding carboxylic acids is 1. The fraction of sp³-hybridized carbons (Fsp3) is 0.909. The van der Waals surface area contributed by atoms with Gasteiger partial charge in [0.2, 0.25) is 5.91 Å². The molecule has 4 heteroatoms. The van der Waals surface area contributed by atoms with Gasteiger partial charge in [-0.1, -0.05) is 0 Å². The van der Waals surface area contributed by atoms with Crippen LogP contribution >= 0.6 is 0 Å². The van der Waals surface area contributed by atoms with Crippen LogP contribution in [0, 0.1) is 0 Å². The van der Waals surface area contributed by atoms with Crippen molar-refractivity contribution in [2.75, 3.05) is 13.7 Å². The van der Waals surface area contributed by atoms with Crippen LogP contribution in [0.1, 0.15) is 32.1 Å². The van der Waals surface area contributed by atoms with Crippen LogP contribution in [0.2, 0.25) is 0 Å². The predicted octanol–water partition coefficient (Wildman–Crippen LogP) is 0.422. The van der Waals surface area contributed by atoms with Gasteiger partial charge in [-0.15, -0.1) is 0 Å². The zero-order chi connectivity index (χ0) is 10.7. The summed E-state index contributed by atoms with van der Waals surface area (Å²) in [5.41, 5.74) is 0. The molecule has 0 aromatic carbocycles. The van der Waals surface area contributed by atoms with Gasteiger partial charge in [0.25, 0.3) is 0 Å². The maximum atomic E-state index is 11.6. The number of rotatable bonds is 3. The summed E-state index contributed by atoms with van der Waals surface area (Å²) in [6, 6.07) is 0.499. The van der Waals surface area contributed by atoms with Gasteiger partial charge in [0.1, 0.15) is 0 Å². The molecule has 1 saturated carbocycles. The normalized spacial score (nSPS) is 36.6. The van der Waals surface area contributed by atoms with E-state index in [0.717, 1.165) is 38.6 Å². The van der Waals surface area contributed by atoms with E-state index >= 15 is 0 Å². The molecule has 1 aliphatic carbocycles. The zero-order valence-corrected chi connectivity index (χ0v) is 9.29. The van der Waals surface area contributed by atoms with Crippen LogP contribution in [0.15, 0.2) is 0 Å². The topological polar surface area (TPSA) is 50.4 Å². The van der Waals surface area contributed by atoms with E-state index in [1.807, 2.05) is 0 Å². The maximum Gasteiger partial charge on any atom is 0.237 e. The molecule has 15 heavy (non-hydrogen) atoms. The van der Waals surface area contributed by atoms with Crippen molar-refractivity contribution in [2.45, 2.75) is 50.3 Å². The Morgan fingerprint density at radius 2 is 2.20 bits per heavy atom. The first kappa shape index (κ1) is 10.9. The second kappa shape index (κ2) is 4.94. The molecule has 1 heterocycles. The van der Waals surface area contributed by atoms with Crippen molar-refractivity contribution in [1.29, 1.82) is 0 Å². The summed E-state index contributed by atoms with van der Waals surface area (Å²) in [6.45, 7) is 0.836. The van der Waals surface area contributed by atoms with Gasteiger partial charge in [0.05, 0.1) is 12.1 Å². The van der Waals surface area contributed by atoms with Gasteiger partial charge in [0.15, 0.2) is 0 Å². The lowest BCUT2D eigenvalue weighted by molar-refractivity contribution is -0.123. The third-order valence-electron chi connectivity index (χ3n) is 3.40. The Morgan fingerprint density at radius 3 is 2.93 bits per heavy atom. The number of methoxy groups -OCH3 is 1. The lowest BCUT2D eigenvalue weighted by Gasteiger charge is -2.36. The third kappa shape index (κ3) is 2.69. The van der Waals surface area contributed by atoms with E-state index in [1.54, 1.807) is 7.11 Å². The zero-order valence-electron chi connectivity index (χ0n) is 9.29. The van der Waals surface area contributed by atoms with Crippen LogP contribution in [0.4, 0.5) is 0 Å². The molecule has 0 aromatic rings. The first-order valence-corrected chi connectivity index (χ1v) is 5.86. The van der Waals surface area contributed by atoms with Gasteiger partial charge in [-0.2, -0.15) is 0 Å². The van der Waals surface area contributed by atoms with Crippen LogP contribution in [0.25, 0.3) is 0 Å². The maximum absolute atomic E-state index is 11.6. The molecule has 0 aromatic heterocycles. The van der Waals surface area contributed by atoms with Crippen LogP contribution < -0.4 is 10.6 Å². The van der Waals surface area contributed by atoms with E-state index < -0.39 is 0 Å². The first-order valence-electron chi connectivity index (χ1n) is 5.86. The highest BCUT2D eigenvalue weighted by atomic mass is 16.5. The quantitative estimate of drug-likeness (QED) is 0.713. The fourth-order valence-corrected chi connectivity index (χ4v) is 2.28. The van der Waals surface area contributed by atoms with E-state index in [0.29, 0.717) is 12.1 Å². The molecule has 0 spiro atoms. The number of hydrogen-bond acceptors (Lipinski definition) is 3. The molecule has 1 saturated heterocycles. The molecule has 86 valence electrons. The monoisotopic (exact) mass is 212 g/mol. The largest absolute Gasteiger partial charge is 0.381 e. The lowest BCUT2D eigenvalue weighted by atomic mass is 9.88. The molecule has 1 amide bonds. The Bertz CT molecular complexity index is 227. The first-order chi connectivity index (χ1) is 7.29. The van der Waals surface area contributed by atoms with E-state index in [-0.39, 0.29) is 11.9 Å². The van der Waals surface area contributed by atoms with Crippen molar-refractivity contribution in [2.24, 2.45) is 0 Å². The van der Waals surface area contributed by atoms with Gasteiger partial charge < -0.3 is 15.4 Å². The second-order valence-electron chi connectivity index (χ2n) is 4.53. The molecular formula is C11H20N2O2. The highest BCUT2D eigenvalue weighted by molar-refractivity contribution is 5.81. The molecule has 2 aliphatic rings. The molecule has 0 radical (unpaired) electrons. The number of hydrogen-bond donors (Lipinski definition) is 2. The fourth-order valence-electron chi connectivity index (χ4n) is 2.28. The second-order valence-corrected chi connectivity index (χ2v) is 4.53. The number of carbonyl (C=O) groups is 1. The van der Waals surface area contributed by atoms with Crippen LogP contribution in [0.5, 0.6) is 0 Å². The van der Waals surface area contributed by atoms with Gasteiger partial charge in [0, 0.05) is 19.7 Å². The number of nitrogens with one attached hydrogen (secondary N) is 2. The molecule has 0 bridgehead atoms.